The number of aryl methyl sites for hydroxylation is 1. The lowest BCUT2D eigenvalue weighted by Gasteiger charge is -2.26. The van der Waals surface area contributed by atoms with Gasteiger partial charge < -0.3 is 10.1 Å². The SMILES string of the molecule is COCC(N[C@H](C)c1cccc(C)c1)C(C)C. The van der Waals surface area contributed by atoms with Gasteiger partial charge in [-0.15, -0.1) is 0 Å². The van der Waals surface area contributed by atoms with Crippen molar-refractivity contribution in [3.8, 4) is 0 Å². The summed E-state index contributed by atoms with van der Waals surface area (Å²) in [5.41, 5.74) is 2.65. The van der Waals surface area contributed by atoms with E-state index in [1.165, 1.54) is 11.1 Å². The summed E-state index contributed by atoms with van der Waals surface area (Å²) in [6.45, 7) is 9.54. The summed E-state index contributed by atoms with van der Waals surface area (Å²) < 4.78 is 5.26. The molecule has 0 spiro atoms. The van der Waals surface area contributed by atoms with Crippen molar-refractivity contribution in [3.63, 3.8) is 0 Å². The van der Waals surface area contributed by atoms with Gasteiger partial charge in [-0.05, 0) is 25.3 Å². The maximum Gasteiger partial charge on any atom is 0.0618 e. The number of nitrogens with one attached hydrogen (secondary N) is 1. The Morgan fingerprint density at radius 1 is 1.24 bits per heavy atom. The van der Waals surface area contributed by atoms with Crippen LogP contribution in [0.5, 0.6) is 0 Å². The van der Waals surface area contributed by atoms with E-state index < -0.39 is 0 Å². The minimum atomic E-state index is 0.359. The van der Waals surface area contributed by atoms with Crippen LogP contribution in [-0.2, 0) is 4.74 Å². The number of hydrogen-bond acceptors (Lipinski definition) is 2. The van der Waals surface area contributed by atoms with Crippen LogP contribution in [0.3, 0.4) is 0 Å². The van der Waals surface area contributed by atoms with Crippen LogP contribution in [0.1, 0.15) is 37.9 Å². The molecule has 1 aromatic rings. The van der Waals surface area contributed by atoms with Crippen LogP contribution in [0.4, 0.5) is 0 Å². The molecule has 1 aromatic carbocycles. The van der Waals surface area contributed by atoms with Crippen LogP contribution < -0.4 is 5.32 Å². The van der Waals surface area contributed by atoms with Gasteiger partial charge in [-0.2, -0.15) is 0 Å². The van der Waals surface area contributed by atoms with Crippen molar-refractivity contribution in [2.45, 2.75) is 39.8 Å². The first kappa shape index (κ1) is 14.2. The van der Waals surface area contributed by atoms with Crippen LogP contribution in [0.25, 0.3) is 0 Å². The van der Waals surface area contributed by atoms with Gasteiger partial charge >= 0.3 is 0 Å². The summed E-state index contributed by atoms with van der Waals surface area (Å²) in [6.07, 6.45) is 0. The molecule has 1 rings (SSSR count). The number of hydrogen-bond donors (Lipinski definition) is 1. The molecular formula is C15H25NO. The van der Waals surface area contributed by atoms with Crippen molar-refractivity contribution in [1.29, 1.82) is 0 Å². The van der Waals surface area contributed by atoms with Crippen molar-refractivity contribution in [3.05, 3.63) is 35.4 Å². The Balaban J connectivity index is 2.66. The minimum absolute atomic E-state index is 0.359. The highest BCUT2D eigenvalue weighted by Gasteiger charge is 2.16. The van der Waals surface area contributed by atoms with Gasteiger partial charge in [0.1, 0.15) is 0 Å². The predicted octanol–water partition coefficient (Wildman–Crippen LogP) is 3.32. The molecule has 0 saturated heterocycles. The standard InChI is InChI=1S/C15H25NO/c1-11(2)15(10-17-5)16-13(4)14-8-6-7-12(3)9-14/h6-9,11,13,15-16H,10H2,1-5H3/t13-,15?/m1/s1. The predicted molar refractivity (Wildman–Crippen MR) is 73.2 cm³/mol. The first-order valence-corrected chi connectivity index (χ1v) is 6.36. The Morgan fingerprint density at radius 3 is 2.47 bits per heavy atom. The summed E-state index contributed by atoms with van der Waals surface area (Å²) in [5.74, 6) is 0.571. The number of rotatable bonds is 6. The highest BCUT2D eigenvalue weighted by Crippen LogP contribution is 2.16. The van der Waals surface area contributed by atoms with Crippen LogP contribution in [0.2, 0.25) is 0 Å². The summed E-state index contributed by atoms with van der Waals surface area (Å²) in [7, 11) is 1.76. The summed E-state index contributed by atoms with van der Waals surface area (Å²) in [6, 6.07) is 9.42. The van der Waals surface area contributed by atoms with E-state index in [-0.39, 0.29) is 0 Å². The molecule has 0 radical (unpaired) electrons. The average Bonchev–Trinajstić information content (AvgIpc) is 2.28. The Morgan fingerprint density at radius 2 is 1.94 bits per heavy atom. The fraction of sp³-hybridized carbons (Fsp3) is 0.600. The van der Waals surface area contributed by atoms with Crippen LogP contribution in [0, 0.1) is 12.8 Å². The van der Waals surface area contributed by atoms with Crippen LogP contribution in [-0.4, -0.2) is 19.8 Å². The van der Waals surface area contributed by atoms with E-state index in [0.29, 0.717) is 18.0 Å². The molecule has 0 bridgehead atoms. The van der Waals surface area contributed by atoms with Crippen LogP contribution in [0.15, 0.2) is 24.3 Å². The average molecular weight is 235 g/mol. The van der Waals surface area contributed by atoms with Gasteiger partial charge in [0.25, 0.3) is 0 Å². The van der Waals surface area contributed by atoms with E-state index >= 15 is 0 Å². The number of benzene rings is 1. The Hall–Kier alpha value is -0.860. The monoisotopic (exact) mass is 235 g/mol. The maximum absolute atomic E-state index is 5.26. The lowest BCUT2D eigenvalue weighted by atomic mass is 10.0. The smallest absolute Gasteiger partial charge is 0.0618 e. The second-order valence-electron chi connectivity index (χ2n) is 5.11. The molecule has 0 heterocycles. The van der Waals surface area contributed by atoms with Gasteiger partial charge in [-0.1, -0.05) is 43.7 Å². The van der Waals surface area contributed by atoms with E-state index in [9.17, 15) is 0 Å². The maximum atomic E-state index is 5.26. The fourth-order valence-corrected chi connectivity index (χ4v) is 1.97. The molecule has 0 fully saturated rings. The molecule has 2 nitrogen and oxygen atoms in total. The Kier molecular flexibility index (Phi) is 5.66. The van der Waals surface area contributed by atoms with E-state index in [1.807, 2.05) is 0 Å². The molecular weight excluding hydrogens is 210 g/mol. The summed E-state index contributed by atoms with van der Waals surface area (Å²) >= 11 is 0. The Labute approximate surface area is 105 Å². The molecule has 0 aliphatic rings. The molecule has 0 aromatic heterocycles. The number of ether oxygens (including phenoxy) is 1. The topological polar surface area (TPSA) is 21.3 Å². The third-order valence-electron chi connectivity index (χ3n) is 3.16. The van der Waals surface area contributed by atoms with Crippen LogP contribution >= 0.6 is 0 Å². The molecule has 0 saturated carbocycles. The van der Waals surface area contributed by atoms with Crippen molar-refractivity contribution in [2.24, 2.45) is 5.92 Å². The zero-order valence-corrected chi connectivity index (χ0v) is 11.7. The second-order valence-corrected chi connectivity index (χ2v) is 5.11. The van der Waals surface area contributed by atoms with Crippen molar-refractivity contribution in [1.82, 2.24) is 5.32 Å². The first-order chi connectivity index (χ1) is 8.04. The fourth-order valence-electron chi connectivity index (χ4n) is 1.97. The van der Waals surface area contributed by atoms with Gasteiger partial charge in [-0.25, -0.2) is 0 Å². The summed E-state index contributed by atoms with van der Waals surface area (Å²) in [5, 5.41) is 3.64. The first-order valence-electron chi connectivity index (χ1n) is 6.36. The van der Waals surface area contributed by atoms with Crippen molar-refractivity contribution < 1.29 is 4.74 Å². The van der Waals surface area contributed by atoms with E-state index in [2.05, 4.69) is 57.3 Å². The quantitative estimate of drug-likeness (QED) is 0.816. The lowest BCUT2D eigenvalue weighted by molar-refractivity contribution is 0.141. The Bertz CT molecular complexity index is 335. The van der Waals surface area contributed by atoms with E-state index in [4.69, 9.17) is 4.74 Å². The largest absolute Gasteiger partial charge is 0.383 e. The van der Waals surface area contributed by atoms with E-state index in [1.54, 1.807) is 7.11 Å². The van der Waals surface area contributed by atoms with Gasteiger partial charge in [0.05, 0.1) is 6.61 Å². The third kappa shape index (κ3) is 4.49. The highest BCUT2D eigenvalue weighted by molar-refractivity contribution is 5.24. The highest BCUT2D eigenvalue weighted by atomic mass is 16.5. The lowest BCUT2D eigenvalue weighted by Crippen LogP contribution is -2.39. The minimum Gasteiger partial charge on any atom is -0.383 e. The molecule has 96 valence electrons. The van der Waals surface area contributed by atoms with Crippen molar-refractivity contribution >= 4 is 0 Å². The molecule has 1 N–H and O–H groups in total. The molecule has 0 aliphatic carbocycles. The molecule has 1 unspecified atom stereocenters. The van der Waals surface area contributed by atoms with Gasteiger partial charge in [0.15, 0.2) is 0 Å². The molecule has 0 amide bonds. The second kappa shape index (κ2) is 6.77. The zero-order chi connectivity index (χ0) is 12.8. The van der Waals surface area contributed by atoms with Crippen molar-refractivity contribution in [2.75, 3.05) is 13.7 Å². The molecule has 2 atom stereocenters. The summed E-state index contributed by atoms with van der Waals surface area (Å²) in [4.78, 5) is 0. The number of methoxy groups -OCH3 is 1. The molecule has 17 heavy (non-hydrogen) atoms. The molecule has 2 heteroatoms. The molecule has 0 aliphatic heterocycles. The normalized spacial score (nSPS) is 14.9. The zero-order valence-electron chi connectivity index (χ0n) is 11.7. The third-order valence-corrected chi connectivity index (χ3v) is 3.16. The van der Waals surface area contributed by atoms with Gasteiger partial charge in [-0.3, -0.25) is 0 Å². The van der Waals surface area contributed by atoms with Gasteiger partial charge in [0.2, 0.25) is 0 Å². The van der Waals surface area contributed by atoms with Gasteiger partial charge in [0, 0.05) is 19.2 Å². The van der Waals surface area contributed by atoms with E-state index in [0.717, 1.165) is 6.61 Å².